The van der Waals surface area contributed by atoms with Crippen LogP contribution >= 0.6 is 0 Å². The van der Waals surface area contributed by atoms with Crippen LogP contribution in [0, 0.1) is 29.6 Å². The van der Waals surface area contributed by atoms with Crippen molar-refractivity contribution in [3.8, 4) is 0 Å². The molecule has 0 aromatic heterocycles. The van der Waals surface area contributed by atoms with E-state index in [-0.39, 0.29) is 24.0 Å². The molecule has 228 valence electrons. The quantitative estimate of drug-likeness (QED) is 0.121. The van der Waals surface area contributed by atoms with E-state index >= 15 is 0 Å². The number of aliphatic hydroxyl groups is 5. The van der Waals surface area contributed by atoms with E-state index in [0.717, 1.165) is 12.5 Å². The Morgan fingerprint density at radius 1 is 1.05 bits per heavy atom. The maximum absolute atomic E-state index is 13.4. The molecule has 0 aromatic rings. The molecule has 14 nitrogen and oxygen atoms in total. The van der Waals surface area contributed by atoms with Crippen LogP contribution < -0.4 is 0 Å². The Balaban J connectivity index is 1.50. The standard InChI is InChI=1S/C27H36O14/c1-4-12-13(5-6-28)15(10-38-26(12)41-27-22(32)21(31)20(30)18(8-29)40-27)24(34)39-17-7-14-16(23(33)36-3)9-37-25(35)19(14)11(17)2/h4,6,9-14,17-22,25-27,29-32,35H,1,5,7-8H2,2-3H3/t11-,12?,13?,14+,17?,18-,19+,20-,21+,22-,25-,26+,27+/m1/s1. The Labute approximate surface area is 235 Å². The number of fused-ring (bicyclic) bond motifs is 1. The molecule has 3 unspecified atom stereocenters. The topological polar surface area (TPSA) is 208 Å². The van der Waals surface area contributed by atoms with Gasteiger partial charge in [0.15, 0.2) is 12.6 Å². The minimum absolute atomic E-state index is 0.0123. The number of hydrogen-bond acceptors (Lipinski definition) is 14. The molecule has 3 heterocycles. The summed E-state index contributed by atoms with van der Waals surface area (Å²) in [4.78, 5) is 37.2. The van der Waals surface area contributed by atoms with Gasteiger partial charge in [0.05, 0.1) is 37.4 Å². The number of hydrogen-bond donors (Lipinski definition) is 5. The average Bonchev–Trinajstić information content (AvgIpc) is 3.29. The lowest BCUT2D eigenvalue weighted by molar-refractivity contribution is -0.339. The number of carbonyl (C=O) groups is 3. The molecular weight excluding hydrogens is 548 g/mol. The van der Waals surface area contributed by atoms with Crippen molar-refractivity contribution in [3.05, 3.63) is 36.3 Å². The number of aliphatic hydroxyl groups excluding tert-OH is 5. The molecule has 1 aliphatic carbocycles. The third kappa shape index (κ3) is 5.91. The normalized spacial score (nSPS) is 42.0. The summed E-state index contributed by atoms with van der Waals surface area (Å²) >= 11 is 0. The summed E-state index contributed by atoms with van der Waals surface area (Å²) in [6.45, 7) is 4.86. The highest BCUT2D eigenvalue weighted by atomic mass is 16.8. The van der Waals surface area contributed by atoms with Crippen molar-refractivity contribution in [2.75, 3.05) is 13.7 Å². The molecule has 0 aromatic carbocycles. The Hall–Kier alpha value is -2.85. The smallest absolute Gasteiger partial charge is 0.337 e. The van der Waals surface area contributed by atoms with Gasteiger partial charge in [0.25, 0.3) is 0 Å². The first-order chi connectivity index (χ1) is 19.6. The van der Waals surface area contributed by atoms with Gasteiger partial charge in [-0.1, -0.05) is 13.0 Å². The molecule has 0 radical (unpaired) electrons. The minimum Gasteiger partial charge on any atom is -0.472 e. The monoisotopic (exact) mass is 584 g/mol. The third-order valence-electron chi connectivity index (χ3n) is 8.37. The lowest BCUT2D eigenvalue weighted by Crippen LogP contribution is -2.60. The molecule has 14 heteroatoms. The second-order valence-corrected chi connectivity index (χ2v) is 10.5. The molecule has 4 rings (SSSR count). The van der Waals surface area contributed by atoms with Crippen LogP contribution in [-0.4, -0.2) is 107 Å². The molecule has 1 saturated heterocycles. The van der Waals surface area contributed by atoms with E-state index in [2.05, 4.69) is 6.58 Å². The zero-order chi connectivity index (χ0) is 30.0. The van der Waals surface area contributed by atoms with Gasteiger partial charge < -0.3 is 58.7 Å². The SMILES string of the molecule is C=CC1C(CC=O)C(C(=O)OC2C[C@H]3C(C(=O)OC)=CO[C@@H](O)[C@H]3[C@@H]2C)=CO[C@H]1O[C@@H]1O[C@H](CO)[C@@H](O)[C@H](O)[C@H]1O. The fourth-order valence-corrected chi connectivity index (χ4v) is 6.04. The van der Waals surface area contributed by atoms with Gasteiger partial charge in [0.2, 0.25) is 6.29 Å². The van der Waals surface area contributed by atoms with Crippen LogP contribution in [0.3, 0.4) is 0 Å². The summed E-state index contributed by atoms with van der Waals surface area (Å²) < 4.78 is 32.6. The van der Waals surface area contributed by atoms with Crippen LogP contribution in [0.2, 0.25) is 0 Å². The molecule has 41 heavy (non-hydrogen) atoms. The fourth-order valence-electron chi connectivity index (χ4n) is 6.04. The van der Waals surface area contributed by atoms with Gasteiger partial charge in [0, 0.05) is 36.0 Å². The minimum atomic E-state index is -1.70. The van der Waals surface area contributed by atoms with Gasteiger partial charge in [-0.05, 0) is 6.42 Å². The fraction of sp³-hybridized carbons (Fsp3) is 0.667. The third-order valence-corrected chi connectivity index (χ3v) is 8.37. The molecule has 1 saturated carbocycles. The molecular formula is C27H36O14. The van der Waals surface area contributed by atoms with Crippen molar-refractivity contribution in [1.29, 1.82) is 0 Å². The Kier molecular flexibility index (Phi) is 9.85. The number of rotatable bonds is 9. The molecule has 0 spiro atoms. The summed E-state index contributed by atoms with van der Waals surface area (Å²) in [6.07, 6.45) is -6.55. The Bertz CT molecular complexity index is 1050. The zero-order valence-electron chi connectivity index (χ0n) is 22.6. The van der Waals surface area contributed by atoms with Crippen LogP contribution in [0.25, 0.3) is 0 Å². The first kappa shape index (κ1) is 31.1. The van der Waals surface area contributed by atoms with Crippen LogP contribution in [0.15, 0.2) is 36.3 Å². The molecule has 0 amide bonds. The number of ether oxygens (including phenoxy) is 6. The van der Waals surface area contributed by atoms with E-state index in [4.69, 9.17) is 28.4 Å². The highest BCUT2D eigenvalue weighted by Gasteiger charge is 2.53. The van der Waals surface area contributed by atoms with Crippen molar-refractivity contribution in [3.63, 3.8) is 0 Å². The first-order valence-electron chi connectivity index (χ1n) is 13.3. The van der Waals surface area contributed by atoms with Crippen molar-refractivity contribution in [1.82, 2.24) is 0 Å². The summed E-state index contributed by atoms with van der Waals surface area (Å²) in [5, 5.41) is 50.3. The zero-order valence-corrected chi connectivity index (χ0v) is 22.6. The molecule has 3 aliphatic heterocycles. The number of methoxy groups -OCH3 is 1. The van der Waals surface area contributed by atoms with Crippen LogP contribution in [0.4, 0.5) is 0 Å². The summed E-state index contributed by atoms with van der Waals surface area (Å²) in [7, 11) is 1.23. The van der Waals surface area contributed by atoms with E-state index in [9.17, 15) is 39.9 Å². The van der Waals surface area contributed by atoms with Gasteiger partial charge in [0.1, 0.15) is 36.8 Å². The van der Waals surface area contributed by atoms with Crippen LogP contribution in [0.1, 0.15) is 19.8 Å². The molecule has 0 bridgehead atoms. The lowest BCUT2D eigenvalue weighted by atomic mass is 9.82. The van der Waals surface area contributed by atoms with Crippen molar-refractivity contribution >= 4 is 18.2 Å². The van der Waals surface area contributed by atoms with E-state index in [1.807, 2.05) is 0 Å². The van der Waals surface area contributed by atoms with E-state index in [1.54, 1.807) is 6.92 Å². The van der Waals surface area contributed by atoms with E-state index < -0.39 is 97.5 Å². The second-order valence-electron chi connectivity index (χ2n) is 10.5. The van der Waals surface area contributed by atoms with Crippen LogP contribution in [-0.2, 0) is 42.8 Å². The number of carbonyl (C=O) groups excluding carboxylic acids is 3. The number of aldehydes is 1. The predicted molar refractivity (Wildman–Crippen MR) is 133 cm³/mol. The van der Waals surface area contributed by atoms with Gasteiger partial charge in [-0.15, -0.1) is 6.58 Å². The molecule has 13 atom stereocenters. The van der Waals surface area contributed by atoms with E-state index in [1.165, 1.54) is 13.2 Å². The maximum atomic E-state index is 13.4. The summed E-state index contributed by atoms with van der Waals surface area (Å²) in [5.41, 5.74) is 0.241. The number of esters is 2. The van der Waals surface area contributed by atoms with Gasteiger partial charge in [-0.25, -0.2) is 9.59 Å². The molecule has 2 fully saturated rings. The van der Waals surface area contributed by atoms with Crippen molar-refractivity contribution in [2.24, 2.45) is 29.6 Å². The summed E-state index contributed by atoms with van der Waals surface area (Å²) in [5.74, 6) is -4.46. The van der Waals surface area contributed by atoms with Crippen molar-refractivity contribution in [2.45, 2.75) is 69.2 Å². The largest absolute Gasteiger partial charge is 0.472 e. The maximum Gasteiger partial charge on any atom is 0.337 e. The van der Waals surface area contributed by atoms with Crippen LogP contribution in [0.5, 0.6) is 0 Å². The Morgan fingerprint density at radius 2 is 1.76 bits per heavy atom. The van der Waals surface area contributed by atoms with E-state index in [0.29, 0.717) is 6.29 Å². The van der Waals surface area contributed by atoms with Gasteiger partial charge in [-0.2, -0.15) is 0 Å². The Morgan fingerprint density at radius 3 is 2.39 bits per heavy atom. The lowest BCUT2D eigenvalue weighted by Gasteiger charge is -2.43. The van der Waals surface area contributed by atoms with Gasteiger partial charge >= 0.3 is 11.9 Å². The second kappa shape index (κ2) is 13.0. The highest BCUT2D eigenvalue weighted by molar-refractivity contribution is 5.90. The first-order valence-corrected chi connectivity index (χ1v) is 13.3. The molecule has 5 N–H and O–H groups in total. The average molecular weight is 585 g/mol. The highest BCUT2D eigenvalue weighted by Crippen LogP contribution is 2.48. The summed E-state index contributed by atoms with van der Waals surface area (Å²) in [6, 6.07) is 0. The van der Waals surface area contributed by atoms with Crippen molar-refractivity contribution < 1.29 is 68.3 Å². The van der Waals surface area contributed by atoms with Gasteiger partial charge in [-0.3, -0.25) is 0 Å². The molecule has 4 aliphatic rings. The predicted octanol–water partition coefficient (Wildman–Crippen LogP) is -1.36.